The number of nitrogens with zero attached hydrogens (tertiary/aromatic N) is 12. The van der Waals surface area contributed by atoms with Crippen LogP contribution in [0.25, 0.3) is 0 Å². The molecule has 6 atom stereocenters. The van der Waals surface area contributed by atoms with Gasteiger partial charge >= 0.3 is 0 Å². The first-order chi connectivity index (χ1) is 63.0. The number of aromatic nitrogens is 8. The Labute approximate surface area is 774 Å². The van der Waals surface area contributed by atoms with E-state index in [0.717, 1.165) is 78.3 Å². The number of hydrogen-bond acceptors (Lipinski definition) is 28. The predicted octanol–water partition coefficient (Wildman–Crippen LogP) is 13.4. The van der Waals surface area contributed by atoms with Crippen molar-refractivity contribution in [1.82, 2.24) is 57.1 Å². The Balaban J connectivity index is 0.000000211. The molecule has 0 saturated heterocycles. The average Bonchev–Trinajstić information content (AvgIpc) is 0.806. The molecule has 4 aromatic heterocycles. The van der Waals surface area contributed by atoms with Gasteiger partial charge in [-0.2, -0.15) is 17.2 Å². The summed E-state index contributed by atoms with van der Waals surface area (Å²) in [7, 11) is -2.50. The Morgan fingerprint density at radius 1 is 0.273 bits per heavy atom. The Morgan fingerprint density at radius 3 is 0.568 bits per heavy atom. The lowest BCUT2D eigenvalue weighted by molar-refractivity contribution is 0.111. The van der Waals surface area contributed by atoms with Gasteiger partial charge in [0.15, 0.2) is 29.6 Å². The molecule has 0 bridgehead atoms. The molecule has 0 aliphatic rings. The second-order valence-electron chi connectivity index (χ2n) is 30.4. The van der Waals surface area contributed by atoms with E-state index in [1.165, 1.54) is 38.0 Å². The van der Waals surface area contributed by atoms with E-state index in [4.69, 9.17) is 37.9 Å². The van der Waals surface area contributed by atoms with Gasteiger partial charge < -0.3 is 53.2 Å². The number of rotatable bonds is 39. The Morgan fingerprint density at radius 2 is 0.424 bits per heavy atom. The van der Waals surface area contributed by atoms with Crippen LogP contribution >= 0.6 is 0 Å². The molecule has 3 N–H and O–H groups in total. The van der Waals surface area contributed by atoms with Crippen molar-refractivity contribution in [3.05, 3.63) is 334 Å². The van der Waals surface area contributed by atoms with E-state index in [9.17, 15) is 53.8 Å². The fraction of sp³-hybridized carbons (Fsp3) is 0.323. The molecule has 0 unspecified atom stereocenters. The van der Waals surface area contributed by atoms with Gasteiger partial charge in [0, 0.05) is 102 Å². The van der Waals surface area contributed by atoms with Crippen LogP contribution in [0.15, 0.2) is 244 Å². The second kappa shape index (κ2) is 50.9. The second-order valence-corrected chi connectivity index (χ2v) is 39.6. The van der Waals surface area contributed by atoms with E-state index in [1.807, 2.05) is 149 Å². The van der Waals surface area contributed by atoms with Crippen LogP contribution in [0.2, 0.25) is 0 Å². The van der Waals surface area contributed by atoms with Crippen LogP contribution in [0.1, 0.15) is 141 Å². The molecule has 704 valence electrons. The number of sulfonamides is 4. The van der Waals surface area contributed by atoms with Gasteiger partial charge in [-0.1, -0.05) is 97.1 Å². The topological polar surface area (TPSA) is 404 Å². The van der Waals surface area contributed by atoms with Crippen LogP contribution < -0.4 is 37.9 Å². The molecule has 0 saturated carbocycles. The van der Waals surface area contributed by atoms with Crippen molar-refractivity contribution in [1.29, 1.82) is 0 Å². The third-order valence-electron chi connectivity index (χ3n) is 20.8. The number of aliphatic hydroxyl groups excluding tert-OH is 3. The molecule has 32 nitrogen and oxygen atoms in total. The van der Waals surface area contributed by atoms with Crippen molar-refractivity contribution < 1.29 is 91.7 Å². The summed E-state index contributed by atoms with van der Waals surface area (Å²) >= 11 is 0. The van der Waals surface area contributed by atoms with E-state index in [1.54, 1.807) is 186 Å². The first-order valence-electron chi connectivity index (χ1n) is 41.7. The van der Waals surface area contributed by atoms with Crippen molar-refractivity contribution >= 4 is 46.4 Å². The average molecular weight is 1890 g/mol. The third-order valence-corrected chi connectivity index (χ3v) is 29.1. The minimum Gasteiger partial charge on any atom is -0.497 e. The highest BCUT2D eigenvalue weighted by molar-refractivity contribution is 7.90. The number of aliphatic hydroxyl groups is 3. The molecule has 0 spiro atoms. The Hall–Kier alpha value is -12.3. The summed E-state index contributed by atoms with van der Waals surface area (Å²) in [6.07, 6.45) is 9.05. The SMILES string of the molecule is CCS(=O)(=O)N(Cc1ccc(OC)cc1)Cc1ccc(OC)cc1.COc1ccc(CN(Cc2ccc(OC)cc2)S(=O)(=O)[C@@H](C)[C@@H](O)c2ncc(C)cn2)cc1.COc1ccc(CN(Cc2ccc(OC)cc2)S(=O)(=O)[C@H](C)[C@@H](O)c2ncc(C)cn2)cc1.COc1ccc(CN(Cc2ccc(OC)cc2)S(=O)(=O)[C@H](C)[C@H](O)c2ncc(C)cn2)cc1.Cc1cnc(C=O)nc1. The quantitative estimate of drug-likeness (QED) is 0.0301. The lowest BCUT2D eigenvalue weighted by Crippen LogP contribution is -2.40. The smallest absolute Gasteiger partial charge is 0.220 e. The number of aldehydes is 1. The van der Waals surface area contributed by atoms with Gasteiger partial charge in [0.05, 0.1) is 62.6 Å². The molecular formula is C96H116N12O20S4. The lowest BCUT2D eigenvalue weighted by atomic mass is 10.2. The molecule has 0 aliphatic carbocycles. The maximum absolute atomic E-state index is 13.6. The van der Waals surface area contributed by atoms with Crippen molar-refractivity contribution in [2.75, 3.05) is 62.6 Å². The normalized spacial score (nSPS) is 12.8. The highest BCUT2D eigenvalue weighted by atomic mass is 32.2. The largest absolute Gasteiger partial charge is 0.497 e. The monoisotopic (exact) mass is 1880 g/mol. The molecular weight excluding hydrogens is 1770 g/mol. The fourth-order valence-corrected chi connectivity index (χ4v) is 18.4. The van der Waals surface area contributed by atoms with Gasteiger partial charge in [0.2, 0.25) is 40.1 Å². The van der Waals surface area contributed by atoms with Gasteiger partial charge in [-0.25, -0.2) is 73.5 Å². The molecule has 8 aromatic carbocycles. The first-order valence-corrected chi connectivity index (χ1v) is 47.8. The van der Waals surface area contributed by atoms with Gasteiger partial charge in [0.1, 0.15) is 80.1 Å². The number of ether oxygens (including phenoxy) is 8. The zero-order chi connectivity index (χ0) is 96.3. The molecule has 12 aromatic rings. The lowest BCUT2D eigenvalue weighted by Gasteiger charge is -2.28. The molecule has 0 fully saturated rings. The molecule has 4 heterocycles. The van der Waals surface area contributed by atoms with Crippen LogP contribution in [-0.4, -0.2) is 191 Å². The van der Waals surface area contributed by atoms with Gasteiger partial charge in [0.25, 0.3) is 0 Å². The highest BCUT2D eigenvalue weighted by Crippen LogP contribution is 2.32. The fourth-order valence-electron chi connectivity index (χ4n) is 12.6. The van der Waals surface area contributed by atoms with Gasteiger partial charge in [-0.05, 0) is 219 Å². The number of methoxy groups -OCH3 is 8. The van der Waals surface area contributed by atoms with E-state index < -0.39 is 74.2 Å². The minimum absolute atomic E-state index is 0.0688. The van der Waals surface area contributed by atoms with E-state index in [0.29, 0.717) is 53.9 Å². The van der Waals surface area contributed by atoms with Crippen LogP contribution in [-0.2, 0) is 92.5 Å². The third kappa shape index (κ3) is 31.2. The summed E-state index contributed by atoms with van der Waals surface area (Å²) < 4.78 is 154. The van der Waals surface area contributed by atoms with Crippen LogP contribution in [0.4, 0.5) is 0 Å². The molecule has 0 amide bonds. The summed E-state index contributed by atoms with van der Waals surface area (Å²) in [5.41, 5.74) is 10.0. The minimum atomic E-state index is -3.95. The molecule has 0 aliphatic heterocycles. The molecule has 12 rings (SSSR count). The molecule has 36 heteroatoms. The van der Waals surface area contributed by atoms with Crippen molar-refractivity contribution in [3.63, 3.8) is 0 Å². The maximum Gasteiger partial charge on any atom is 0.220 e. The van der Waals surface area contributed by atoms with Gasteiger partial charge in [-0.15, -0.1) is 0 Å². The summed E-state index contributed by atoms with van der Waals surface area (Å²) in [4.78, 5) is 42.1. The predicted molar refractivity (Wildman–Crippen MR) is 503 cm³/mol. The maximum atomic E-state index is 13.6. The van der Waals surface area contributed by atoms with Gasteiger partial charge in [-0.3, -0.25) is 4.79 Å². The zero-order valence-electron chi connectivity index (χ0n) is 76.8. The van der Waals surface area contributed by atoms with E-state index >= 15 is 0 Å². The number of benzene rings is 8. The van der Waals surface area contributed by atoms with E-state index in [2.05, 4.69) is 39.9 Å². The first kappa shape index (κ1) is 105. The van der Waals surface area contributed by atoms with Crippen LogP contribution in [0.3, 0.4) is 0 Å². The molecule has 132 heavy (non-hydrogen) atoms. The summed E-state index contributed by atoms with van der Waals surface area (Å²) in [6.45, 7) is 14.8. The number of carbonyl (C=O) groups is 1. The summed E-state index contributed by atoms with van der Waals surface area (Å²) in [5.74, 6) is 6.13. The Kier molecular flexibility index (Phi) is 40.5. The van der Waals surface area contributed by atoms with Crippen molar-refractivity contribution in [2.45, 2.75) is 142 Å². The number of hydrogen-bond donors (Lipinski definition) is 3. The standard InChI is InChI=1S/3C24H29N3O5S.C18H23NO4S.C6H6N2O/c3*1-17-13-25-24(26-14-17)23(28)18(2)33(29,30)27(15-19-5-9-21(31-3)10-6-19)16-20-7-11-22(32-4)12-8-20;1-4-24(20,21)19(13-15-5-9-17(22-2)10-6-15)14-16-7-11-18(23-3)12-8-16;1-5-2-7-6(4-9)8-3-5/h3*5-14,18,23,28H,15-16H2,1-4H3;5-12H,4,13-14H2,1-3H3;2-4H,1H3/t2*18-,23+;18-,23-;;/m101../s1. The number of aryl methyl sites for hydroxylation is 4. The summed E-state index contributed by atoms with van der Waals surface area (Å²) in [6, 6.07) is 58.1. The Bertz CT molecular complexity index is 5350. The summed E-state index contributed by atoms with van der Waals surface area (Å²) in [5, 5.41) is 28.8. The van der Waals surface area contributed by atoms with Crippen molar-refractivity contribution in [2.24, 2.45) is 0 Å². The van der Waals surface area contributed by atoms with Crippen molar-refractivity contribution in [3.8, 4) is 46.0 Å². The van der Waals surface area contributed by atoms with E-state index in [-0.39, 0.29) is 68.3 Å². The molecule has 0 radical (unpaired) electrons. The van der Waals surface area contributed by atoms with Crippen LogP contribution in [0.5, 0.6) is 46.0 Å². The van der Waals surface area contributed by atoms with Crippen LogP contribution in [0, 0.1) is 27.7 Å². The number of carbonyl (C=O) groups excluding carboxylic acids is 1. The highest BCUT2D eigenvalue weighted by Gasteiger charge is 2.39. The zero-order valence-corrected chi connectivity index (χ0v) is 80.0.